The third kappa shape index (κ3) is 2.80. The fourth-order valence-corrected chi connectivity index (χ4v) is 1.11. The van der Waals surface area contributed by atoms with Gasteiger partial charge in [-0.15, -0.1) is 0 Å². The largest absolute Gasteiger partial charge is 0.392 e. The maximum atomic E-state index is 9.77. The molecule has 2 nitrogen and oxygen atoms in total. The first-order valence-corrected chi connectivity index (χ1v) is 4.33. The third-order valence-electron chi connectivity index (χ3n) is 2.62. The van der Waals surface area contributed by atoms with E-state index in [-0.39, 0.29) is 17.4 Å². The van der Waals surface area contributed by atoms with Gasteiger partial charge in [0.05, 0.1) is 6.10 Å². The Balaban J connectivity index is 4.10. The van der Waals surface area contributed by atoms with Crippen molar-refractivity contribution >= 4 is 0 Å². The van der Waals surface area contributed by atoms with E-state index in [1.54, 1.807) is 0 Å². The Hall–Kier alpha value is -0.0800. The second kappa shape index (κ2) is 4.07. The minimum absolute atomic E-state index is 0.00120. The van der Waals surface area contributed by atoms with Crippen molar-refractivity contribution in [1.82, 2.24) is 0 Å². The van der Waals surface area contributed by atoms with Gasteiger partial charge in [0.1, 0.15) is 0 Å². The molecule has 2 atom stereocenters. The van der Waals surface area contributed by atoms with Crippen LogP contribution in [-0.4, -0.2) is 17.8 Å². The Morgan fingerprint density at radius 2 is 1.91 bits per heavy atom. The van der Waals surface area contributed by atoms with Crippen LogP contribution in [0, 0.1) is 11.3 Å². The van der Waals surface area contributed by atoms with Crippen LogP contribution in [0.4, 0.5) is 0 Å². The first-order chi connectivity index (χ1) is 4.95. The van der Waals surface area contributed by atoms with Gasteiger partial charge in [-0.2, -0.15) is 0 Å². The van der Waals surface area contributed by atoms with Crippen molar-refractivity contribution in [3.05, 3.63) is 0 Å². The molecule has 0 aromatic rings. The van der Waals surface area contributed by atoms with Crippen molar-refractivity contribution in [2.45, 2.75) is 40.2 Å². The minimum atomic E-state index is -0.280. The molecule has 0 rings (SSSR count). The predicted molar refractivity (Wildman–Crippen MR) is 48.3 cm³/mol. The fraction of sp³-hybridized carbons (Fsp3) is 1.00. The highest BCUT2D eigenvalue weighted by Gasteiger charge is 2.29. The van der Waals surface area contributed by atoms with Gasteiger partial charge < -0.3 is 10.8 Å². The molecule has 0 aliphatic carbocycles. The van der Waals surface area contributed by atoms with Gasteiger partial charge in [0.15, 0.2) is 0 Å². The molecule has 0 heterocycles. The number of hydrogen-bond acceptors (Lipinski definition) is 2. The summed E-state index contributed by atoms with van der Waals surface area (Å²) in [6.45, 7) is 8.78. The lowest BCUT2D eigenvalue weighted by Gasteiger charge is -2.33. The maximum absolute atomic E-state index is 9.77. The molecule has 68 valence electrons. The monoisotopic (exact) mass is 159 g/mol. The molecule has 0 aromatic heterocycles. The Labute approximate surface area is 69.8 Å². The zero-order valence-corrected chi connectivity index (χ0v) is 8.09. The van der Waals surface area contributed by atoms with Gasteiger partial charge in [-0.3, -0.25) is 0 Å². The molecule has 0 bridgehead atoms. The van der Waals surface area contributed by atoms with Crippen molar-refractivity contribution in [3.8, 4) is 0 Å². The van der Waals surface area contributed by atoms with E-state index < -0.39 is 0 Å². The van der Waals surface area contributed by atoms with Gasteiger partial charge in [-0.05, 0) is 24.3 Å². The molecule has 0 amide bonds. The summed E-state index contributed by atoms with van der Waals surface area (Å²) < 4.78 is 0. The Morgan fingerprint density at radius 1 is 1.45 bits per heavy atom. The lowest BCUT2D eigenvalue weighted by atomic mass is 9.78. The lowest BCUT2D eigenvalue weighted by Crippen LogP contribution is -2.37. The average molecular weight is 159 g/mol. The van der Waals surface area contributed by atoms with Crippen LogP contribution in [0.3, 0.4) is 0 Å². The molecule has 0 fully saturated rings. The highest BCUT2D eigenvalue weighted by atomic mass is 16.3. The summed E-state index contributed by atoms with van der Waals surface area (Å²) >= 11 is 0. The minimum Gasteiger partial charge on any atom is -0.392 e. The smallest absolute Gasteiger partial charge is 0.0628 e. The summed E-state index contributed by atoms with van der Waals surface area (Å²) in [6.07, 6.45) is 0.705. The predicted octanol–water partition coefficient (Wildman–Crippen LogP) is 1.38. The summed E-state index contributed by atoms with van der Waals surface area (Å²) in [5.74, 6) is 0.199. The Kier molecular flexibility index (Phi) is 4.04. The number of nitrogens with two attached hydrogens (primary N) is 1. The van der Waals surface area contributed by atoms with Crippen molar-refractivity contribution in [1.29, 1.82) is 0 Å². The number of hydrogen-bond donors (Lipinski definition) is 2. The quantitative estimate of drug-likeness (QED) is 0.651. The Morgan fingerprint density at radius 3 is 2.18 bits per heavy atom. The first kappa shape index (κ1) is 10.9. The van der Waals surface area contributed by atoms with Crippen molar-refractivity contribution in [2.24, 2.45) is 17.1 Å². The Bertz CT molecular complexity index is 112. The molecule has 0 saturated heterocycles. The van der Waals surface area contributed by atoms with Crippen molar-refractivity contribution in [2.75, 3.05) is 6.54 Å². The van der Waals surface area contributed by atoms with Gasteiger partial charge in [0.25, 0.3) is 0 Å². The summed E-state index contributed by atoms with van der Waals surface area (Å²) in [6, 6.07) is 0. The molecule has 0 spiro atoms. The maximum Gasteiger partial charge on any atom is 0.0628 e. The topological polar surface area (TPSA) is 46.2 Å². The van der Waals surface area contributed by atoms with Gasteiger partial charge in [0, 0.05) is 0 Å². The van der Waals surface area contributed by atoms with Gasteiger partial charge in [-0.25, -0.2) is 0 Å². The number of rotatable bonds is 4. The molecule has 3 N–H and O–H groups in total. The van der Waals surface area contributed by atoms with Crippen molar-refractivity contribution in [3.63, 3.8) is 0 Å². The van der Waals surface area contributed by atoms with Crippen LogP contribution in [0.1, 0.15) is 34.1 Å². The lowest BCUT2D eigenvalue weighted by molar-refractivity contribution is 0.00791. The highest BCUT2D eigenvalue weighted by molar-refractivity contribution is 4.80. The summed E-state index contributed by atoms with van der Waals surface area (Å²) in [5, 5.41) is 9.77. The SMILES string of the molecule is CCC(C)(C)C(O)C(C)CN. The second-order valence-corrected chi connectivity index (χ2v) is 4.00. The highest BCUT2D eigenvalue weighted by Crippen LogP contribution is 2.28. The van der Waals surface area contributed by atoms with Gasteiger partial charge in [-0.1, -0.05) is 27.7 Å². The first-order valence-electron chi connectivity index (χ1n) is 4.33. The van der Waals surface area contributed by atoms with Crippen molar-refractivity contribution < 1.29 is 5.11 Å². The standard InChI is InChI=1S/C9H21NO/c1-5-9(3,4)8(11)7(2)6-10/h7-8,11H,5-6,10H2,1-4H3. The van der Waals surface area contributed by atoms with Crippen LogP contribution in [-0.2, 0) is 0 Å². The summed E-state index contributed by atoms with van der Waals surface area (Å²) in [7, 11) is 0. The van der Waals surface area contributed by atoms with Crippen LogP contribution in [0.25, 0.3) is 0 Å². The summed E-state index contributed by atoms with van der Waals surface area (Å²) in [4.78, 5) is 0. The van der Waals surface area contributed by atoms with Gasteiger partial charge in [0.2, 0.25) is 0 Å². The van der Waals surface area contributed by atoms with Crippen LogP contribution in [0.2, 0.25) is 0 Å². The van der Waals surface area contributed by atoms with E-state index in [2.05, 4.69) is 20.8 Å². The third-order valence-corrected chi connectivity index (χ3v) is 2.62. The van der Waals surface area contributed by atoms with E-state index in [0.717, 1.165) is 6.42 Å². The van der Waals surface area contributed by atoms with Crippen LogP contribution in [0.15, 0.2) is 0 Å². The molecule has 0 aromatic carbocycles. The van der Waals surface area contributed by atoms with Crippen LogP contribution in [0.5, 0.6) is 0 Å². The average Bonchev–Trinajstić information content (AvgIpc) is 2.01. The van der Waals surface area contributed by atoms with E-state index in [1.807, 2.05) is 6.92 Å². The fourth-order valence-electron chi connectivity index (χ4n) is 1.11. The number of aliphatic hydroxyl groups excluding tert-OH is 1. The molecule has 2 unspecified atom stereocenters. The van der Waals surface area contributed by atoms with E-state index in [0.29, 0.717) is 6.54 Å². The molecule has 0 aliphatic rings. The molecule has 11 heavy (non-hydrogen) atoms. The normalized spacial score (nSPS) is 18.0. The summed E-state index contributed by atoms with van der Waals surface area (Å²) in [5.41, 5.74) is 5.46. The molecule has 0 radical (unpaired) electrons. The zero-order valence-electron chi connectivity index (χ0n) is 8.09. The van der Waals surface area contributed by atoms with Crippen LogP contribution < -0.4 is 5.73 Å². The zero-order chi connectivity index (χ0) is 9.07. The van der Waals surface area contributed by atoms with Crippen LogP contribution >= 0.6 is 0 Å². The van der Waals surface area contributed by atoms with E-state index in [9.17, 15) is 5.11 Å². The van der Waals surface area contributed by atoms with Gasteiger partial charge >= 0.3 is 0 Å². The molecule has 0 aliphatic heterocycles. The second-order valence-electron chi connectivity index (χ2n) is 4.00. The van der Waals surface area contributed by atoms with E-state index in [1.165, 1.54) is 0 Å². The van der Waals surface area contributed by atoms with E-state index in [4.69, 9.17) is 5.73 Å². The molecular weight excluding hydrogens is 138 g/mol. The molecule has 0 saturated carbocycles. The molecular formula is C9H21NO. The van der Waals surface area contributed by atoms with E-state index >= 15 is 0 Å². The molecule has 2 heteroatoms. The number of aliphatic hydroxyl groups is 1.